The molecule has 1 heterocycles. The van der Waals surface area contributed by atoms with Gasteiger partial charge in [0, 0.05) is 12.1 Å². The van der Waals surface area contributed by atoms with Gasteiger partial charge in [0.05, 0.1) is 12.7 Å². The Morgan fingerprint density at radius 1 is 1.44 bits per heavy atom. The molecule has 0 bridgehead atoms. The summed E-state index contributed by atoms with van der Waals surface area (Å²) in [6.07, 6.45) is 2.54. The number of ether oxygens (including phenoxy) is 1. The zero-order valence-corrected chi connectivity index (χ0v) is 10.2. The van der Waals surface area contributed by atoms with Crippen LogP contribution < -0.4 is 11.1 Å². The van der Waals surface area contributed by atoms with E-state index in [1.807, 2.05) is 20.8 Å². The molecule has 0 aliphatic carbocycles. The van der Waals surface area contributed by atoms with Crippen LogP contribution in [0.25, 0.3) is 0 Å². The summed E-state index contributed by atoms with van der Waals surface area (Å²) in [6.45, 7) is 7.44. The van der Waals surface area contributed by atoms with Gasteiger partial charge in [-0.05, 0) is 20.3 Å². The molecule has 16 heavy (non-hydrogen) atoms. The van der Waals surface area contributed by atoms with Crippen molar-refractivity contribution in [2.45, 2.75) is 33.3 Å². The molecule has 0 saturated carbocycles. The van der Waals surface area contributed by atoms with Gasteiger partial charge in [0.1, 0.15) is 18.0 Å². The second kappa shape index (κ2) is 6.27. The highest BCUT2D eigenvalue weighted by atomic mass is 16.5. The topological polar surface area (TPSA) is 73.1 Å². The molecule has 5 heteroatoms. The predicted octanol–water partition coefficient (Wildman–Crippen LogP) is 1.46. The van der Waals surface area contributed by atoms with Gasteiger partial charge in [0.2, 0.25) is 0 Å². The van der Waals surface area contributed by atoms with Gasteiger partial charge in [-0.1, -0.05) is 6.92 Å². The van der Waals surface area contributed by atoms with E-state index >= 15 is 0 Å². The summed E-state index contributed by atoms with van der Waals surface area (Å²) < 4.78 is 5.43. The minimum absolute atomic E-state index is 0.253. The molecular formula is C11H20N4O. The van der Waals surface area contributed by atoms with E-state index in [-0.39, 0.29) is 6.10 Å². The Bertz CT molecular complexity index is 328. The van der Waals surface area contributed by atoms with Crippen LogP contribution in [0, 0.1) is 0 Å². The first-order valence-electron chi connectivity index (χ1n) is 5.60. The molecular weight excluding hydrogens is 204 g/mol. The van der Waals surface area contributed by atoms with Crippen molar-refractivity contribution in [1.29, 1.82) is 0 Å². The maximum absolute atomic E-state index is 5.76. The first-order valence-corrected chi connectivity index (χ1v) is 5.60. The van der Waals surface area contributed by atoms with Crippen molar-refractivity contribution in [1.82, 2.24) is 9.97 Å². The van der Waals surface area contributed by atoms with Crippen LogP contribution in [0.2, 0.25) is 0 Å². The smallest absolute Gasteiger partial charge is 0.134 e. The summed E-state index contributed by atoms with van der Waals surface area (Å²) in [7, 11) is 0. The quantitative estimate of drug-likeness (QED) is 0.716. The van der Waals surface area contributed by atoms with Crippen molar-refractivity contribution in [2.75, 3.05) is 24.2 Å². The lowest BCUT2D eigenvalue weighted by Crippen LogP contribution is -2.15. The highest BCUT2D eigenvalue weighted by Gasteiger charge is 2.06. The summed E-state index contributed by atoms with van der Waals surface area (Å²) in [5.74, 6) is 1.35. The third-order valence-electron chi connectivity index (χ3n) is 2.18. The predicted molar refractivity (Wildman–Crippen MR) is 65.4 cm³/mol. The van der Waals surface area contributed by atoms with E-state index in [4.69, 9.17) is 10.5 Å². The van der Waals surface area contributed by atoms with Crippen LogP contribution in [-0.2, 0) is 11.2 Å². The molecule has 0 aromatic carbocycles. The molecule has 0 aliphatic heterocycles. The monoisotopic (exact) mass is 224 g/mol. The Balaban J connectivity index is 2.50. The maximum Gasteiger partial charge on any atom is 0.134 e. The zero-order chi connectivity index (χ0) is 12.0. The van der Waals surface area contributed by atoms with E-state index in [1.54, 1.807) is 0 Å². The van der Waals surface area contributed by atoms with Crippen LogP contribution >= 0.6 is 0 Å². The van der Waals surface area contributed by atoms with Crippen LogP contribution in [0.5, 0.6) is 0 Å². The molecule has 0 amide bonds. The molecule has 1 aromatic heterocycles. The molecule has 1 rings (SSSR count). The zero-order valence-electron chi connectivity index (χ0n) is 10.2. The highest BCUT2D eigenvalue weighted by molar-refractivity contribution is 5.54. The summed E-state index contributed by atoms with van der Waals surface area (Å²) >= 11 is 0. The molecule has 0 radical (unpaired) electrons. The fourth-order valence-electron chi connectivity index (χ4n) is 1.39. The highest BCUT2D eigenvalue weighted by Crippen LogP contribution is 2.16. The number of hydrogen-bond donors (Lipinski definition) is 2. The number of aromatic nitrogens is 2. The third-order valence-corrected chi connectivity index (χ3v) is 2.18. The molecule has 0 atom stereocenters. The van der Waals surface area contributed by atoms with Crippen molar-refractivity contribution in [3.05, 3.63) is 11.9 Å². The van der Waals surface area contributed by atoms with E-state index in [1.165, 1.54) is 6.33 Å². The number of nitrogen functional groups attached to an aromatic ring is 1. The summed E-state index contributed by atoms with van der Waals surface area (Å²) in [6, 6.07) is 0. The molecule has 5 nitrogen and oxygen atoms in total. The number of nitrogens with zero attached hydrogens (tertiary/aromatic N) is 2. The molecule has 0 spiro atoms. The van der Waals surface area contributed by atoms with E-state index in [0.29, 0.717) is 12.4 Å². The molecule has 0 aliphatic rings. The van der Waals surface area contributed by atoms with Crippen molar-refractivity contribution >= 4 is 11.6 Å². The molecule has 3 N–H and O–H groups in total. The Kier molecular flexibility index (Phi) is 4.98. The second-order valence-electron chi connectivity index (χ2n) is 3.79. The van der Waals surface area contributed by atoms with Gasteiger partial charge in [-0.3, -0.25) is 0 Å². The van der Waals surface area contributed by atoms with Crippen molar-refractivity contribution in [2.24, 2.45) is 0 Å². The largest absolute Gasteiger partial charge is 0.383 e. The van der Waals surface area contributed by atoms with Gasteiger partial charge >= 0.3 is 0 Å². The van der Waals surface area contributed by atoms with Gasteiger partial charge in [0.15, 0.2) is 0 Å². The van der Waals surface area contributed by atoms with Crippen LogP contribution in [0.1, 0.15) is 26.3 Å². The molecule has 90 valence electrons. The molecule has 0 saturated heterocycles. The van der Waals surface area contributed by atoms with Gasteiger partial charge in [0.25, 0.3) is 0 Å². The Hall–Kier alpha value is -1.36. The number of nitrogens with two attached hydrogens (primary N) is 1. The molecule has 0 unspecified atom stereocenters. The van der Waals surface area contributed by atoms with Crippen LogP contribution in [0.4, 0.5) is 11.6 Å². The molecule has 0 fully saturated rings. The Labute approximate surface area is 96.4 Å². The number of nitrogens with one attached hydrogen (secondary N) is 1. The average molecular weight is 224 g/mol. The normalized spacial score (nSPS) is 10.8. The van der Waals surface area contributed by atoms with Crippen LogP contribution in [0.3, 0.4) is 0 Å². The lowest BCUT2D eigenvalue weighted by molar-refractivity contribution is 0.0870. The lowest BCUT2D eigenvalue weighted by Gasteiger charge is -2.12. The van der Waals surface area contributed by atoms with Crippen LogP contribution in [0.15, 0.2) is 6.33 Å². The maximum atomic E-state index is 5.76. The summed E-state index contributed by atoms with van der Waals surface area (Å²) in [5.41, 5.74) is 6.73. The Morgan fingerprint density at radius 2 is 2.19 bits per heavy atom. The first kappa shape index (κ1) is 12.7. The van der Waals surface area contributed by atoms with Gasteiger partial charge in [-0.25, -0.2) is 9.97 Å². The van der Waals surface area contributed by atoms with Crippen LogP contribution in [-0.4, -0.2) is 29.2 Å². The van der Waals surface area contributed by atoms with Gasteiger partial charge in [-0.2, -0.15) is 0 Å². The average Bonchev–Trinajstić information content (AvgIpc) is 2.24. The minimum atomic E-state index is 0.253. The first-order chi connectivity index (χ1) is 7.65. The number of rotatable bonds is 6. The SMILES string of the molecule is CCc1c(N)ncnc1NCCOC(C)C. The van der Waals surface area contributed by atoms with Gasteiger partial charge in [-0.15, -0.1) is 0 Å². The lowest BCUT2D eigenvalue weighted by atomic mass is 10.2. The van der Waals surface area contributed by atoms with Crippen molar-refractivity contribution < 1.29 is 4.74 Å². The van der Waals surface area contributed by atoms with Gasteiger partial charge < -0.3 is 15.8 Å². The number of anilines is 2. The second-order valence-corrected chi connectivity index (χ2v) is 3.79. The fourth-order valence-corrected chi connectivity index (χ4v) is 1.39. The minimum Gasteiger partial charge on any atom is -0.383 e. The van der Waals surface area contributed by atoms with E-state index in [2.05, 4.69) is 15.3 Å². The Morgan fingerprint density at radius 3 is 2.81 bits per heavy atom. The summed E-state index contributed by atoms with van der Waals surface area (Å²) in [5, 5.41) is 3.20. The summed E-state index contributed by atoms with van der Waals surface area (Å²) in [4.78, 5) is 8.13. The van der Waals surface area contributed by atoms with E-state index < -0.39 is 0 Å². The number of hydrogen-bond acceptors (Lipinski definition) is 5. The van der Waals surface area contributed by atoms with E-state index in [9.17, 15) is 0 Å². The van der Waals surface area contributed by atoms with Crippen molar-refractivity contribution in [3.8, 4) is 0 Å². The fraction of sp³-hybridized carbons (Fsp3) is 0.636. The standard InChI is InChI=1S/C11H20N4O/c1-4-9-10(12)14-7-15-11(9)13-5-6-16-8(2)3/h7-8H,4-6H2,1-3H3,(H3,12,13,14,15). The molecule has 1 aromatic rings. The van der Waals surface area contributed by atoms with E-state index in [0.717, 1.165) is 24.3 Å². The third kappa shape index (κ3) is 3.66. The van der Waals surface area contributed by atoms with Crippen molar-refractivity contribution in [3.63, 3.8) is 0 Å².